The van der Waals surface area contributed by atoms with E-state index >= 15 is 0 Å². The van der Waals surface area contributed by atoms with Gasteiger partial charge in [-0.05, 0) is 70.6 Å². The molecular weight excluding hydrogens is 292 g/mol. The quantitative estimate of drug-likeness (QED) is 0.580. The van der Waals surface area contributed by atoms with Crippen LogP contribution in [0.1, 0.15) is 24.0 Å². The lowest BCUT2D eigenvalue weighted by atomic mass is 9.86. The average Bonchev–Trinajstić information content (AvgIpc) is 2.69. The first-order valence-electron chi connectivity index (χ1n) is 8.74. The van der Waals surface area contributed by atoms with E-state index in [1.165, 1.54) is 47.2 Å². The number of fused-ring (bicyclic) bond motifs is 5. The van der Waals surface area contributed by atoms with Crippen LogP contribution in [0.4, 0.5) is 0 Å². The molecule has 3 aromatic carbocycles. The van der Waals surface area contributed by atoms with E-state index in [4.69, 9.17) is 0 Å². The van der Waals surface area contributed by atoms with Crippen LogP contribution in [0, 0.1) is 0 Å². The van der Waals surface area contributed by atoms with Gasteiger partial charge in [-0.1, -0.05) is 48.5 Å². The minimum atomic E-state index is 0.733. The summed E-state index contributed by atoms with van der Waals surface area (Å²) >= 11 is 0. The molecule has 0 fully saturated rings. The highest BCUT2D eigenvalue weighted by Crippen LogP contribution is 2.33. The Bertz CT molecular complexity index is 910. The van der Waals surface area contributed by atoms with Crippen molar-refractivity contribution in [2.24, 2.45) is 4.99 Å². The summed E-state index contributed by atoms with van der Waals surface area (Å²) in [4.78, 5) is 3.85. The molecule has 0 atom stereocenters. The maximum absolute atomic E-state index is 3.85. The summed E-state index contributed by atoms with van der Waals surface area (Å²) in [6, 6.07) is 18.0. The molecule has 120 valence electrons. The van der Waals surface area contributed by atoms with Crippen LogP contribution in [0.2, 0.25) is 0 Å². The molecule has 0 amide bonds. The van der Waals surface area contributed by atoms with Crippen molar-refractivity contribution in [3.63, 3.8) is 0 Å². The topological polar surface area (TPSA) is 24.4 Å². The fourth-order valence-electron chi connectivity index (χ4n) is 3.67. The van der Waals surface area contributed by atoms with Gasteiger partial charge in [0.2, 0.25) is 0 Å². The number of benzene rings is 3. The normalized spacial score (nSPS) is 15.5. The number of aliphatic imine (C=N–C) groups is 1. The number of nitrogens with one attached hydrogen (secondary N) is 1. The fraction of sp³-hybridized carbons (Fsp3) is 0.227. The van der Waals surface area contributed by atoms with Gasteiger partial charge >= 0.3 is 0 Å². The smallest absolute Gasteiger partial charge is 0.107 e. The molecule has 24 heavy (non-hydrogen) atoms. The first-order valence-corrected chi connectivity index (χ1v) is 8.74. The lowest BCUT2D eigenvalue weighted by Gasteiger charge is -2.18. The molecule has 1 N–H and O–H groups in total. The van der Waals surface area contributed by atoms with Crippen molar-refractivity contribution in [3.8, 4) is 0 Å². The summed E-state index contributed by atoms with van der Waals surface area (Å²) in [6.45, 7) is 0.733. The number of nitrogens with zero attached hydrogens (tertiary/aromatic N) is 1. The van der Waals surface area contributed by atoms with E-state index in [1.54, 1.807) is 17.3 Å². The Morgan fingerprint density at radius 3 is 2.46 bits per heavy atom. The molecular formula is C22H22N2. The number of hydrogen-bond acceptors (Lipinski definition) is 2. The Balaban J connectivity index is 0.000000207. The highest BCUT2D eigenvalue weighted by molar-refractivity contribution is 6.08. The van der Waals surface area contributed by atoms with Gasteiger partial charge in [0.25, 0.3) is 0 Å². The number of hydrogen-bond donors (Lipinski definition) is 1. The lowest BCUT2D eigenvalue weighted by molar-refractivity contribution is 0.690. The third-order valence-electron chi connectivity index (χ3n) is 4.85. The second-order valence-corrected chi connectivity index (χ2v) is 6.35. The Kier molecular flexibility index (Phi) is 4.28. The summed E-state index contributed by atoms with van der Waals surface area (Å²) < 4.78 is 0. The van der Waals surface area contributed by atoms with E-state index < -0.39 is 0 Å². The molecule has 1 aliphatic heterocycles. The van der Waals surface area contributed by atoms with Crippen molar-refractivity contribution in [3.05, 3.63) is 71.9 Å². The van der Waals surface area contributed by atoms with E-state index in [9.17, 15) is 0 Å². The molecule has 2 nitrogen and oxygen atoms in total. The van der Waals surface area contributed by atoms with E-state index in [1.807, 2.05) is 12.3 Å². The largest absolute Gasteiger partial charge is 0.372 e. The molecule has 3 aromatic rings. The molecule has 1 heterocycles. The van der Waals surface area contributed by atoms with Gasteiger partial charge in [-0.2, -0.15) is 0 Å². The molecule has 2 heteroatoms. The summed E-state index contributed by atoms with van der Waals surface area (Å²) in [7, 11) is 0. The first-order chi connectivity index (χ1) is 11.9. The van der Waals surface area contributed by atoms with Crippen molar-refractivity contribution in [2.75, 3.05) is 6.67 Å². The first kappa shape index (κ1) is 14.9. The van der Waals surface area contributed by atoms with Crippen LogP contribution >= 0.6 is 0 Å². The van der Waals surface area contributed by atoms with E-state index in [0.29, 0.717) is 0 Å². The lowest BCUT2D eigenvalue weighted by Crippen LogP contribution is -2.06. The third kappa shape index (κ3) is 2.92. The molecule has 1 aliphatic carbocycles. The number of rotatable bonds is 0. The minimum Gasteiger partial charge on any atom is -0.372 e. The van der Waals surface area contributed by atoms with Gasteiger partial charge < -0.3 is 5.32 Å². The van der Waals surface area contributed by atoms with Gasteiger partial charge in [0, 0.05) is 6.21 Å². The molecule has 0 unspecified atom stereocenters. The van der Waals surface area contributed by atoms with Crippen LogP contribution in [0.5, 0.6) is 0 Å². The molecule has 0 saturated carbocycles. The Hall–Kier alpha value is -2.61. The van der Waals surface area contributed by atoms with Gasteiger partial charge in [-0.25, -0.2) is 0 Å². The van der Waals surface area contributed by atoms with Crippen molar-refractivity contribution in [1.29, 1.82) is 0 Å². The van der Waals surface area contributed by atoms with Crippen LogP contribution in [0.3, 0.4) is 0 Å². The fourth-order valence-corrected chi connectivity index (χ4v) is 3.67. The predicted octanol–water partition coefficient (Wildman–Crippen LogP) is 5.00. The molecule has 5 rings (SSSR count). The SMILES string of the molecule is C1=CNCN=C1.c1ccc2c(c1)ccc1c3c(ccc12)CCCC3. The summed E-state index contributed by atoms with van der Waals surface area (Å²) in [5, 5.41) is 8.55. The van der Waals surface area contributed by atoms with Crippen molar-refractivity contribution in [2.45, 2.75) is 25.7 Å². The van der Waals surface area contributed by atoms with Gasteiger partial charge in [0.05, 0.1) is 0 Å². The summed E-state index contributed by atoms with van der Waals surface area (Å²) in [5.41, 5.74) is 3.17. The highest BCUT2D eigenvalue weighted by atomic mass is 15.0. The van der Waals surface area contributed by atoms with Crippen LogP contribution < -0.4 is 5.32 Å². The van der Waals surface area contributed by atoms with E-state index in [0.717, 1.165) is 6.67 Å². The van der Waals surface area contributed by atoms with Gasteiger partial charge in [0.1, 0.15) is 6.67 Å². The average molecular weight is 314 g/mol. The Morgan fingerprint density at radius 2 is 1.67 bits per heavy atom. The number of allylic oxidation sites excluding steroid dienone is 1. The summed E-state index contributed by atoms with van der Waals surface area (Å²) in [6.07, 6.45) is 10.7. The molecule has 0 bridgehead atoms. The molecule has 0 saturated heterocycles. The Labute approximate surface area is 142 Å². The standard InChI is InChI=1S/C18H16.C4H6N2/c1-3-7-15-13(5-1)9-11-18-16-8-4-2-6-14(16)10-12-17(15)18;1-2-5-4-6-3-1/h1,3,5,7,9-12H,2,4,6,8H2;1-3,5H,4H2. The number of aryl methyl sites for hydroxylation is 2. The van der Waals surface area contributed by atoms with Gasteiger partial charge in [-0.15, -0.1) is 0 Å². The van der Waals surface area contributed by atoms with Gasteiger partial charge in [0.15, 0.2) is 0 Å². The maximum atomic E-state index is 3.85. The van der Waals surface area contributed by atoms with Gasteiger partial charge in [-0.3, -0.25) is 4.99 Å². The zero-order chi connectivity index (χ0) is 16.2. The molecule has 0 aromatic heterocycles. The second-order valence-electron chi connectivity index (χ2n) is 6.35. The maximum Gasteiger partial charge on any atom is 0.107 e. The monoisotopic (exact) mass is 314 g/mol. The molecule has 2 aliphatic rings. The third-order valence-corrected chi connectivity index (χ3v) is 4.85. The Morgan fingerprint density at radius 1 is 0.792 bits per heavy atom. The molecule has 0 radical (unpaired) electrons. The van der Waals surface area contributed by atoms with Crippen molar-refractivity contribution < 1.29 is 0 Å². The van der Waals surface area contributed by atoms with Crippen molar-refractivity contribution >= 4 is 27.8 Å². The highest BCUT2D eigenvalue weighted by Gasteiger charge is 2.13. The molecule has 0 spiro atoms. The zero-order valence-electron chi connectivity index (χ0n) is 13.8. The van der Waals surface area contributed by atoms with Crippen molar-refractivity contribution in [1.82, 2.24) is 5.32 Å². The second kappa shape index (κ2) is 6.88. The van der Waals surface area contributed by atoms with Crippen LogP contribution in [-0.2, 0) is 12.8 Å². The van der Waals surface area contributed by atoms with E-state index in [-0.39, 0.29) is 0 Å². The van der Waals surface area contributed by atoms with Crippen LogP contribution in [0.15, 0.2) is 65.8 Å². The zero-order valence-corrected chi connectivity index (χ0v) is 13.8. The summed E-state index contributed by atoms with van der Waals surface area (Å²) in [5.74, 6) is 0. The minimum absolute atomic E-state index is 0.733. The van der Waals surface area contributed by atoms with Crippen LogP contribution in [0.25, 0.3) is 21.5 Å². The predicted molar refractivity (Wildman–Crippen MR) is 104 cm³/mol. The van der Waals surface area contributed by atoms with Crippen LogP contribution in [-0.4, -0.2) is 12.9 Å². The van der Waals surface area contributed by atoms with E-state index in [2.05, 4.69) is 58.8 Å².